The Bertz CT molecular complexity index is 1220. The fourth-order valence-electron chi connectivity index (χ4n) is 4.16. The van der Waals surface area contributed by atoms with Gasteiger partial charge in [-0.25, -0.2) is 8.42 Å². The van der Waals surface area contributed by atoms with E-state index in [1.165, 1.54) is 9.87 Å². The second-order valence-corrected chi connectivity index (χ2v) is 10.7. The fraction of sp³-hybridized carbons (Fsp3) is 0.296. The van der Waals surface area contributed by atoms with Crippen molar-refractivity contribution in [2.24, 2.45) is 0 Å². The summed E-state index contributed by atoms with van der Waals surface area (Å²) >= 11 is 0. The largest absolute Gasteiger partial charge is 0.339 e. The van der Waals surface area contributed by atoms with Crippen molar-refractivity contribution in [3.05, 3.63) is 95.6 Å². The van der Waals surface area contributed by atoms with Gasteiger partial charge >= 0.3 is 0 Å². The lowest BCUT2D eigenvalue weighted by Gasteiger charge is -2.36. The molecule has 0 aliphatic carbocycles. The summed E-state index contributed by atoms with van der Waals surface area (Å²) in [6.07, 6.45) is 0. The van der Waals surface area contributed by atoms with Gasteiger partial charge in [-0.05, 0) is 49.2 Å². The first kappa shape index (κ1) is 24.0. The summed E-state index contributed by atoms with van der Waals surface area (Å²) in [5, 5.41) is 0. The molecule has 0 unspecified atom stereocenters. The van der Waals surface area contributed by atoms with E-state index in [1.807, 2.05) is 44.2 Å². The second-order valence-electron chi connectivity index (χ2n) is 8.81. The van der Waals surface area contributed by atoms with Crippen LogP contribution in [0, 0.1) is 13.8 Å². The van der Waals surface area contributed by atoms with Gasteiger partial charge in [0.2, 0.25) is 5.91 Å². The molecule has 1 heterocycles. The Kier molecular flexibility index (Phi) is 7.34. The Morgan fingerprint density at radius 3 is 2.15 bits per heavy atom. The predicted octanol–water partition coefficient (Wildman–Crippen LogP) is 3.84. The summed E-state index contributed by atoms with van der Waals surface area (Å²) in [5.74, 6) is -0.184. The number of aryl methyl sites for hydroxylation is 2. The van der Waals surface area contributed by atoms with Crippen LogP contribution in [0.2, 0.25) is 0 Å². The molecule has 7 heteroatoms. The van der Waals surface area contributed by atoms with E-state index in [4.69, 9.17) is 0 Å². The minimum absolute atomic E-state index is 0.181. The number of sulfonamides is 1. The summed E-state index contributed by atoms with van der Waals surface area (Å²) in [7, 11) is -3.90. The van der Waals surface area contributed by atoms with Gasteiger partial charge in [-0.2, -0.15) is 0 Å². The predicted molar refractivity (Wildman–Crippen MR) is 135 cm³/mol. The lowest BCUT2D eigenvalue weighted by molar-refractivity contribution is -0.131. The molecule has 1 aliphatic rings. The van der Waals surface area contributed by atoms with Crippen molar-refractivity contribution in [3.8, 4) is 0 Å². The molecular formula is C27H31N3O3S. The normalized spacial score (nSPS) is 14.7. The van der Waals surface area contributed by atoms with E-state index in [9.17, 15) is 13.2 Å². The number of piperazine rings is 1. The summed E-state index contributed by atoms with van der Waals surface area (Å²) in [5.41, 5.74) is 3.66. The Morgan fingerprint density at radius 1 is 0.824 bits per heavy atom. The minimum atomic E-state index is -3.90. The molecule has 0 saturated carbocycles. The van der Waals surface area contributed by atoms with Gasteiger partial charge in [0.15, 0.2) is 0 Å². The molecule has 1 amide bonds. The molecule has 0 N–H and O–H groups in total. The third kappa shape index (κ3) is 5.66. The number of hydrogen-bond donors (Lipinski definition) is 0. The van der Waals surface area contributed by atoms with Crippen LogP contribution in [0.3, 0.4) is 0 Å². The maximum atomic E-state index is 13.6. The van der Waals surface area contributed by atoms with E-state index in [0.717, 1.165) is 30.8 Å². The zero-order valence-corrected chi connectivity index (χ0v) is 20.5. The maximum absolute atomic E-state index is 13.6. The average Bonchev–Trinajstić information content (AvgIpc) is 2.83. The average molecular weight is 478 g/mol. The van der Waals surface area contributed by atoms with Crippen molar-refractivity contribution in [1.82, 2.24) is 9.80 Å². The van der Waals surface area contributed by atoms with Gasteiger partial charge in [0.1, 0.15) is 6.54 Å². The molecular weight excluding hydrogens is 446 g/mol. The number of carbonyl (C=O) groups is 1. The van der Waals surface area contributed by atoms with Crippen LogP contribution in [0.5, 0.6) is 0 Å². The molecule has 0 spiro atoms. The van der Waals surface area contributed by atoms with Crippen LogP contribution in [0.25, 0.3) is 0 Å². The number of benzene rings is 3. The van der Waals surface area contributed by atoms with E-state index in [2.05, 4.69) is 17.0 Å². The molecule has 34 heavy (non-hydrogen) atoms. The van der Waals surface area contributed by atoms with Crippen LogP contribution in [0.15, 0.2) is 83.8 Å². The highest BCUT2D eigenvalue weighted by Gasteiger charge is 2.30. The Labute approximate surface area is 202 Å². The standard InChI is InChI=1S/C27H31N3O3S/c1-22-11-13-26(14-12-22)34(32,33)30(25-10-6-7-23(2)19-25)21-27(31)29-17-15-28(16-18-29)20-24-8-4-3-5-9-24/h3-14,19H,15-18,20-21H2,1-2H3. The summed E-state index contributed by atoms with van der Waals surface area (Å²) in [6, 6.07) is 24.3. The highest BCUT2D eigenvalue weighted by atomic mass is 32.2. The van der Waals surface area contributed by atoms with Gasteiger partial charge < -0.3 is 4.90 Å². The third-order valence-corrected chi connectivity index (χ3v) is 7.94. The molecule has 0 atom stereocenters. The fourth-order valence-corrected chi connectivity index (χ4v) is 5.56. The highest BCUT2D eigenvalue weighted by Crippen LogP contribution is 2.25. The lowest BCUT2D eigenvalue weighted by Crippen LogP contribution is -2.51. The van der Waals surface area contributed by atoms with E-state index in [-0.39, 0.29) is 17.3 Å². The lowest BCUT2D eigenvalue weighted by atomic mass is 10.2. The molecule has 0 aromatic heterocycles. The van der Waals surface area contributed by atoms with E-state index in [1.54, 1.807) is 41.3 Å². The number of carbonyl (C=O) groups excluding carboxylic acids is 1. The Balaban J connectivity index is 1.49. The number of rotatable bonds is 7. The second kappa shape index (κ2) is 10.4. The molecule has 6 nitrogen and oxygen atoms in total. The Hall–Kier alpha value is -3.16. The molecule has 1 aliphatic heterocycles. The van der Waals surface area contributed by atoms with Crippen molar-refractivity contribution >= 4 is 21.6 Å². The number of nitrogens with zero attached hydrogens (tertiary/aromatic N) is 3. The zero-order chi connectivity index (χ0) is 24.1. The van der Waals surface area contributed by atoms with Crippen LogP contribution in [0.1, 0.15) is 16.7 Å². The molecule has 0 radical (unpaired) electrons. The molecule has 0 bridgehead atoms. The van der Waals surface area contributed by atoms with E-state index >= 15 is 0 Å². The minimum Gasteiger partial charge on any atom is -0.339 e. The van der Waals surface area contributed by atoms with Crippen molar-refractivity contribution in [3.63, 3.8) is 0 Å². The highest BCUT2D eigenvalue weighted by molar-refractivity contribution is 7.92. The van der Waals surface area contributed by atoms with Gasteiger partial charge in [-0.3, -0.25) is 14.0 Å². The van der Waals surface area contributed by atoms with Crippen LogP contribution in [-0.4, -0.2) is 56.8 Å². The van der Waals surface area contributed by atoms with Gasteiger partial charge in [0.05, 0.1) is 10.6 Å². The summed E-state index contributed by atoms with van der Waals surface area (Å²) in [6.45, 7) is 7.13. The van der Waals surface area contributed by atoms with Gasteiger partial charge in [-0.15, -0.1) is 0 Å². The van der Waals surface area contributed by atoms with Crippen LogP contribution in [0.4, 0.5) is 5.69 Å². The monoisotopic (exact) mass is 477 g/mol. The third-order valence-electron chi connectivity index (χ3n) is 6.15. The van der Waals surface area contributed by atoms with Gasteiger partial charge in [0.25, 0.3) is 10.0 Å². The molecule has 178 valence electrons. The zero-order valence-electron chi connectivity index (χ0n) is 19.7. The van der Waals surface area contributed by atoms with Crippen LogP contribution >= 0.6 is 0 Å². The molecule has 3 aromatic carbocycles. The van der Waals surface area contributed by atoms with Crippen molar-refractivity contribution in [1.29, 1.82) is 0 Å². The van der Waals surface area contributed by atoms with Gasteiger partial charge in [0, 0.05) is 32.7 Å². The van der Waals surface area contributed by atoms with Crippen LogP contribution in [-0.2, 0) is 21.4 Å². The number of anilines is 1. The van der Waals surface area contributed by atoms with E-state index in [0.29, 0.717) is 18.8 Å². The molecule has 4 rings (SSSR count). The maximum Gasteiger partial charge on any atom is 0.264 e. The Morgan fingerprint density at radius 2 is 1.50 bits per heavy atom. The smallest absolute Gasteiger partial charge is 0.264 e. The van der Waals surface area contributed by atoms with Crippen molar-refractivity contribution < 1.29 is 13.2 Å². The summed E-state index contributed by atoms with van der Waals surface area (Å²) < 4.78 is 28.4. The molecule has 3 aromatic rings. The number of amides is 1. The number of hydrogen-bond acceptors (Lipinski definition) is 4. The first-order valence-corrected chi connectivity index (χ1v) is 13.0. The molecule has 1 fully saturated rings. The summed E-state index contributed by atoms with van der Waals surface area (Å²) in [4.78, 5) is 17.5. The topological polar surface area (TPSA) is 60.9 Å². The molecule has 1 saturated heterocycles. The first-order chi connectivity index (χ1) is 16.3. The first-order valence-electron chi connectivity index (χ1n) is 11.5. The van der Waals surface area contributed by atoms with E-state index < -0.39 is 10.0 Å². The quantitative estimate of drug-likeness (QED) is 0.519. The van der Waals surface area contributed by atoms with Gasteiger partial charge in [-0.1, -0.05) is 60.2 Å². The van der Waals surface area contributed by atoms with Crippen molar-refractivity contribution in [2.75, 3.05) is 37.0 Å². The van der Waals surface area contributed by atoms with Crippen molar-refractivity contribution in [2.45, 2.75) is 25.3 Å². The van der Waals surface area contributed by atoms with Crippen LogP contribution < -0.4 is 4.31 Å². The SMILES string of the molecule is Cc1ccc(S(=O)(=O)N(CC(=O)N2CCN(Cc3ccccc3)CC2)c2cccc(C)c2)cc1.